The van der Waals surface area contributed by atoms with Crippen molar-refractivity contribution in [3.63, 3.8) is 0 Å². The Bertz CT molecular complexity index is 268. The number of carbonyl (C=O) groups is 1. The summed E-state index contributed by atoms with van der Waals surface area (Å²) >= 11 is 0. The van der Waals surface area contributed by atoms with Crippen LogP contribution in [0.3, 0.4) is 0 Å². The van der Waals surface area contributed by atoms with Gasteiger partial charge in [0, 0.05) is 19.1 Å². The number of nitrogens with zero attached hydrogens (tertiary/aromatic N) is 1. The summed E-state index contributed by atoms with van der Waals surface area (Å²) in [4.78, 5) is 11.3. The molecule has 16 heavy (non-hydrogen) atoms. The van der Waals surface area contributed by atoms with Crippen LogP contribution in [-0.4, -0.2) is 36.2 Å². The quantitative estimate of drug-likeness (QED) is 0.269. The van der Waals surface area contributed by atoms with Crippen LogP contribution in [0.4, 0.5) is 0 Å². The summed E-state index contributed by atoms with van der Waals surface area (Å²) in [5.74, 6) is 0.0745. The molecule has 0 saturated carbocycles. The molecule has 1 rings (SSSR count). The maximum atomic E-state index is 11.3. The van der Waals surface area contributed by atoms with Crippen LogP contribution in [0.5, 0.6) is 0 Å². The van der Waals surface area contributed by atoms with Gasteiger partial charge in [0.2, 0.25) is 5.91 Å². The molecule has 1 saturated heterocycles. The zero-order valence-corrected chi connectivity index (χ0v) is 9.48. The third-order valence-electron chi connectivity index (χ3n) is 2.78. The standard InChI is InChI=1S/C10H19N3O3/c1-2-8-7(3-4-16-8)6-12-10(14)5-9(11)13-15/h7-8,15H,2-6H2,1H3,(H2,11,13)(H,12,14). The first kappa shape index (κ1) is 12.8. The van der Waals surface area contributed by atoms with Gasteiger partial charge in [0.15, 0.2) is 0 Å². The topological polar surface area (TPSA) is 96.9 Å². The molecule has 92 valence electrons. The Labute approximate surface area is 94.8 Å². The van der Waals surface area contributed by atoms with Crippen LogP contribution >= 0.6 is 0 Å². The minimum atomic E-state index is -0.225. The highest BCUT2D eigenvalue weighted by molar-refractivity contribution is 5.98. The Morgan fingerprint density at radius 3 is 3.06 bits per heavy atom. The number of ether oxygens (including phenoxy) is 1. The summed E-state index contributed by atoms with van der Waals surface area (Å²) < 4.78 is 5.51. The first-order valence-electron chi connectivity index (χ1n) is 5.52. The van der Waals surface area contributed by atoms with Crippen LogP contribution in [0.2, 0.25) is 0 Å². The molecule has 0 aromatic carbocycles. The largest absolute Gasteiger partial charge is 0.409 e. The Morgan fingerprint density at radius 2 is 2.44 bits per heavy atom. The molecule has 2 unspecified atom stereocenters. The fraction of sp³-hybridized carbons (Fsp3) is 0.800. The third-order valence-corrected chi connectivity index (χ3v) is 2.78. The van der Waals surface area contributed by atoms with Gasteiger partial charge in [0.1, 0.15) is 5.84 Å². The first-order valence-corrected chi connectivity index (χ1v) is 5.52. The number of amides is 1. The Kier molecular flexibility index (Phi) is 5.04. The maximum Gasteiger partial charge on any atom is 0.227 e. The first-order chi connectivity index (χ1) is 7.67. The van der Waals surface area contributed by atoms with E-state index in [0.717, 1.165) is 19.4 Å². The summed E-state index contributed by atoms with van der Waals surface area (Å²) in [6, 6.07) is 0. The SMILES string of the molecule is CCC1OCCC1CNC(=O)CC(N)=NO. The van der Waals surface area contributed by atoms with Gasteiger partial charge in [-0.1, -0.05) is 12.1 Å². The zero-order valence-electron chi connectivity index (χ0n) is 9.48. The highest BCUT2D eigenvalue weighted by atomic mass is 16.5. The third kappa shape index (κ3) is 3.69. The molecule has 1 aliphatic heterocycles. The van der Waals surface area contributed by atoms with Gasteiger partial charge in [-0.15, -0.1) is 0 Å². The fourth-order valence-electron chi connectivity index (χ4n) is 1.88. The molecular formula is C10H19N3O3. The number of amidine groups is 1. The van der Waals surface area contributed by atoms with Crippen molar-refractivity contribution in [3.8, 4) is 0 Å². The number of hydrogen-bond donors (Lipinski definition) is 3. The average Bonchev–Trinajstić information content (AvgIpc) is 2.73. The summed E-state index contributed by atoms with van der Waals surface area (Å²) in [6.45, 7) is 3.43. The van der Waals surface area contributed by atoms with Crippen molar-refractivity contribution in [3.05, 3.63) is 0 Å². The highest BCUT2D eigenvalue weighted by Gasteiger charge is 2.26. The van der Waals surface area contributed by atoms with Gasteiger partial charge in [-0.05, 0) is 12.8 Å². The molecule has 2 atom stereocenters. The summed E-state index contributed by atoms with van der Waals surface area (Å²) in [5.41, 5.74) is 5.23. The number of nitrogens with two attached hydrogens (primary N) is 1. The van der Waals surface area contributed by atoms with Gasteiger partial charge in [-0.25, -0.2) is 0 Å². The van der Waals surface area contributed by atoms with Crippen molar-refractivity contribution in [2.75, 3.05) is 13.2 Å². The van der Waals surface area contributed by atoms with E-state index in [1.54, 1.807) is 0 Å². The molecule has 1 aliphatic rings. The number of rotatable bonds is 5. The van der Waals surface area contributed by atoms with Crippen molar-refractivity contribution in [2.45, 2.75) is 32.3 Å². The van der Waals surface area contributed by atoms with Gasteiger partial charge in [-0.2, -0.15) is 0 Å². The molecule has 6 nitrogen and oxygen atoms in total. The number of oxime groups is 1. The fourth-order valence-corrected chi connectivity index (χ4v) is 1.88. The summed E-state index contributed by atoms with van der Waals surface area (Å²) in [7, 11) is 0. The van der Waals surface area contributed by atoms with Crippen LogP contribution in [0, 0.1) is 5.92 Å². The van der Waals surface area contributed by atoms with E-state index in [2.05, 4.69) is 17.4 Å². The number of hydrogen-bond acceptors (Lipinski definition) is 4. The second-order valence-corrected chi connectivity index (χ2v) is 3.94. The van der Waals surface area contributed by atoms with E-state index in [1.165, 1.54) is 0 Å². The number of carbonyl (C=O) groups excluding carboxylic acids is 1. The van der Waals surface area contributed by atoms with E-state index in [1.807, 2.05) is 0 Å². The molecule has 4 N–H and O–H groups in total. The minimum absolute atomic E-state index is 0.0686. The van der Waals surface area contributed by atoms with Crippen LogP contribution < -0.4 is 11.1 Å². The molecule has 1 heterocycles. The smallest absolute Gasteiger partial charge is 0.227 e. The lowest BCUT2D eigenvalue weighted by Crippen LogP contribution is -2.34. The highest BCUT2D eigenvalue weighted by Crippen LogP contribution is 2.22. The lowest BCUT2D eigenvalue weighted by atomic mass is 10.00. The molecular weight excluding hydrogens is 210 g/mol. The second kappa shape index (κ2) is 6.32. The van der Waals surface area contributed by atoms with Crippen LogP contribution in [-0.2, 0) is 9.53 Å². The Morgan fingerprint density at radius 1 is 1.69 bits per heavy atom. The van der Waals surface area contributed by atoms with Crippen molar-refractivity contribution in [1.82, 2.24) is 5.32 Å². The monoisotopic (exact) mass is 229 g/mol. The van der Waals surface area contributed by atoms with E-state index in [4.69, 9.17) is 15.7 Å². The molecule has 1 amide bonds. The van der Waals surface area contributed by atoms with E-state index < -0.39 is 0 Å². The Balaban J connectivity index is 2.26. The van der Waals surface area contributed by atoms with E-state index in [-0.39, 0.29) is 24.3 Å². The van der Waals surface area contributed by atoms with Gasteiger partial charge >= 0.3 is 0 Å². The molecule has 0 spiro atoms. The van der Waals surface area contributed by atoms with E-state index >= 15 is 0 Å². The van der Waals surface area contributed by atoms with Gasteiger partial charge in [0.25, 0.3) is 0 Å². The second-order valence-electron chi connectivity index (χ2n) is 3.94. The Hall–Kier alpha value is -1.30. The van der Waals surface area contributed by atoms with Gasteiger partial charge in [-0.3, -0.25) is 4.79 Å². The van der Waals surface area contributed by atoms with Gasteiger partial charge in [0.05, 0.1) is 12.5 Å². The van der Waals surface area contributed by atoms with Crippen molar-refractivity contribution < 1.29 is 14.7 Å². The zero-order chi connectivity index (χ0) is 12.0. The molecule has 0 aromatic heterocycles. The molecule has 0 radical (unpaired) electrons. The van der Waals surface area contributed by atoms with Crippen LogP contribution in [0.25, 0.3) is 0 Å². The minimum Gasteiger partial charge on any atom is -0.409 e. The van der Waals surface area contributed by atoms with Crippen molar-refractivity contribution in [1.29, 1.82) is 0 Å². The van der Waals surface area contributed by atoms with E-state index in [0.29, 0.717) is 12.5 Å². The van der Waals surface area contributed by atoms with Gasteiger partial charge < -0.3 is 21.0 Å². The van der Waals surface area contributed by atoms with Crippen molar-refractivity contribution in [2.24, 2.45) is 16.8 Å². The lowest BCUT2D eigenvalue weighted by molar-refractivity contribution is -0.120. The average molecular weight is 229 g/mol. The maximum absolute atomic E-state index is 11.3. The molecule has 1 fully saturated rings. The molecule has 0 aromatic rings. The molecule has 6 heteroatoms. The van der Waals surface area contributed by atoms with Crippen molar-refractivity contribution >= 4 is 11.7 Å². The van der Waals surface area contributed by atoms with Crippen LogP contribution in [0.1, 0.15) is 26.2 Å². The predicted molar refractivity (Wildman–Crippen MR) is 59.2 cm³/mol. The lowest BCUT2D eigenvalue weighted by Gasteiger charge is -2.17. The van der Waals surface area contributed by atoms with Crippen LogP contribution in [0.15, 0.2) is 5.16 Å². The molecule has 0 aliphatic carbocycles. The predicted octanol–water partition coefficient (Wildman–Crippen LogP) is 0.0542. The molecule has 0 bridgehead atoms. The summed E-state index contributed by atoms with van der Waals surface area (Å²) in [6.07, 6.45) is 2.11. The number of nitrogens with one attached hydrogen (secondary N) is 1. The normalized spacial score (nSPS) is 25.7. The van der Waals surface area contributed by atoms with E-state index in [9.17, 15) is 4.79 Å². The summed E-state index contributed by atoms with van der Waals surface area (Å²) in [5, 5.41) is 13.8.